The van der Waals surface area contributed by atoms with E-state index in [1.165, 1.54) is 11.6 Å². The largest absolute Gasteiger partial charge is 0.483 e. The average Bonchev–Trinajstić information content (AvgIpc) is 2.84. The Balaban J connectivity index is 1.95. The van der Waals surface area contributed by atoms with E-state index in [0.29, 0.717) is 5.69 Å². The third-order valence-corrected chi connectivity index (χ3v) is 3.61. The molecule has 1 unspecified atom stereocenters. The van der Waals surface area contributed by atoms with Gasteiger partial charge < -0.3 is 15.6 Å². The van der Waals surface area contributed by atoms with Gasteiger partial charge in [-0.2, -0.15) is 0 Å². The Bertz CT molecular complexity index is 667. The van der Waals surface area contributed by atoms with Crippen LogP contribution in [0.3, 0.4) is 0 Å². The van der Waals surface area contributed by atoms with Crippen LogP contribution in [0.4, 0.5) is 5.69 Å². The Morgan fingerprint density at radius 2 is 2.00 bits per heavy atom. The Labute approximate surface area is 116 Å². The third kappa shape index (κ3) is 2.09. The van der Waals surface area contributed by atoms with E-state index in [-0.39, 0.29) is 17.4 Å². The normalized spacial score (nSPS) is 16.7. The topological polar surface area (TPSA) is 72.6 Å². The zero-order valence-electron chi connectivity index (χ0n) is 10.9. The van der Waals surface area contributed by atoms with Gasteiger partial charge in [0.1, 0.15) is 11.7 Å². The number of ether oxygens (including phenoxy) is 1. The van der Waals surface area contributed by atoms with Gasteiger partial charge in [0.15, 0.2) is 5.75 Å². The summed E-state index contributed by atoms with van der Waals surface area (Å²) in [6, 6.07) is 12.8. The molecule has 3 rings (SSSR count). The molecule has 0 aromatic heterocycles. The second kappa shape index (κ2) is 4.89. The molecule has 0 saturated heterocycles. The van der Waals surface area contributed by atoms with Crippen molar-refractivity contribution in [2.45, 2.75) is 18.9 Å². The number of benzene rings is 2. The first-order chi connectivity index (χ1) is 9.66. The number of carboxylic acids is 1. The van der Waals surface area contributed by atoms with Crippen molar-refractivity contribution < 1.29 is 14.6 Å². The standard InChI is InChI=1S/C16H15NO3/c17-13-7-3-6-12(16(18)19)15(13)20-14-9-8-10-4-1-2-5-11(10)14/h1-7,14H,8-9,17H2,(H,18,19). The second-order valence-corrected chi connectivity index (χ2v) is 4.87. The molecule has 0 heterocycles. The summed E-state index contributed by atoms with van der Waals surface area (Å²) in [5.74, 6) is -0.764. The van der Waals surface area contributed by atoms with Gasteiger partial charge in [-0.1, -0.05) is 30.3 Å². The molecule has 102 valence electrons. The Kier molecular flexibility index (Phi) is 3.06. The molecule has 0 fully saturated rings. The van der Waals surface area contributed by atoms with Crippen LogP contribution < -0.4 is 10.5 Å². The SMILES string of the molecule is Nc1cccc(C(=O)O)c1OC1CCc2ccccc21. The van der Waals surface area contributed by atoms with E-state index in [2.05, 4.69) is 6.07 Å². The number of nitrogen functional groups attached to an aromatic ring is 1. The Morgan fingerprint density at radius 1 is 1.20 bits per heavy atom. The lowest BCUT2D eigenvalue weighted by Crippen LogP contribution is -2.09. The second-order valence-electron chi connectivity index (χ2n) is 4.87. The van der Waals surface area contributed by atoms with Crippen LogP contribution in [0, 0.1) is 0 Å². The van der Waals surface area contributed by atoms with Crippen LogP contribution in [0.2, 0.25) is 0 Å². The third-order valence-electron chi connectivity index (χ3n) is 3.61. The summed E-state index contributed by atoms with van der Waals surface area (Å²) < 4.78 is 5.92. The first kappa shape index (κ1) is 12.5. The van der Waals surface area contributed by atoms with Crippen molar-refractivity contribution in [3.05, 3.63) is 59.2 Å². The van der Waals surface area contributed by atoms with E-state index in [0.717, 1.165) is 18.4 Å². The first-order valence-electron chi connectivity index (χ1n) is 6.53. The highest BCUT2D eigenvalue weighted by Gasteiger charge is 2.26. The maximum absolute atomic E-state index is 11.3. The van der Waals surface area contributed by atoms with Gasteiger partial charge in [0.25, 0.3) is 0 Å². The van der Waals surface area contributed by atoms with Gasteiger partial charge in [-0.25, -0.2) is 4.79 Å². The molecule has 4 nitrogen and oxygen atoms in total. The molecule has 3 N–H and O–H groups in total. The molecular formula is C16H15NO3. The summed E-state index contributed by atoms with van der Waals surface area (Å²) in [5.41, 5.74) is 8.70. The molecule has 0 bridgehead atoms. The number of para-hydroxylation sites is 1. The lowest BCUT2D eigenvalue weighted by Gasteiger charge is -2.18. The molecule has 0 radical (unpaired) electrons. The van der Waals surface area contributed by atoms with Gasteiger partial charge in [0.2, 0.25) is 0 Å². The zero-order valence-corrected chi connectivity index (χ0v) is 10.9. The molecule has 0 aliphatic heterocycles. The summed E-state index contributed by atoms with van der Waals surface area (Å²) >= 11 is 0. The van der Waals surface area contributed by atoms with E-state index in [1.54, 1.807) is 12.1 Å². The minimum absolute atomic E-state index is 0.106. The highest BCUT2D eigenvalue weighted by Crippen LogP contribution is 2.38. The fourth-order valence-corrected chi connectivity index (χ4v) is 2.64. The average molecular weight is 269 g/mol. The molecule has 1 atom stereocenters. The highest BCUT2D eigenvalue weighted by atomic mass is 16.5. The molecule has 20 heavy (non-hydrogen) atoms. The molecule has 0 spiro atoms. The van der Waals surface area contributed by atoms with Crippen LogP contribution in [0.1, 0.15) is 34.0 Å². The number of carboxylic acid groups (broad SMARTS) is 1. The number of rotatable bonds is 3. The van der Waals surface area contributed by atoms with Crippen molar-refractivity contribution in [3.8, 4) is 5.75 Å². The van der Waals surface area contributed by atoms with Gasteiger partial charge in [-0.3, -0.25) is 0 Å². The summed E-state index contributed by atoms with van der Waals surface area (Å²) in [7, 11) is 0. The van der Waals surface area contributed by atoms with E-state index >= 15 is 0 Å². The molecule has 0 saturated carbocycles. The fraction of sp³-hybridized carbons (Fsp3) is 0.188. The van der Waals surface area contributed by atoms with Gasteiger partial charge in [-0.15, -0.1) is 0 Å². The maximum atomic E-state index is 11.3. The molecule has 1 aliphatic rings. The minimum atomic E-state index is -1.03. The number of nitrogens with two attached hydrogens (primary N) is 1. The number of aromatic carboxylic acids is 1. The van der Waals surface area contributed by atoms with E-state index in [1.807, 2.05) is 18.2 Å². The number of anilines is 1. The first-order valence-corrected chi connectivity index (χ1v) is 6.53. The maximum Gasteiger partial charge on any atom is 0.339 e. The number of aryl methyl sites for hydroxylation is 1. The van der Waals surface area contributed by atoms with Crippen molar-refractivity contribution in [2.24, 2.45) is 0 Å². The number of hydrogen-bond donors (Lipinski definition) is 2. The van der Waals surface area contributed by atoms with Crippen molar-refractivity contribution >= 4 is 11.7 Å². The van der Waals surface area contributed by atoms with Gasteiger partial charge in [0.05, 0.1) is 5.69 Å². The van der Waals surface area contributed by atoms with Gasteiger partial charge >= 0.3 is 5.97 Å². The van der Waals surface area contributed by atoms with E-state index in [9.17, 15) is 9.90 Å². The fourth-order valence-electron chi connectivity index (χ4n) is 2.64. The highest BCUT2D eigenvalue weighted by molar-refractivity contribution is 5.93. The molecule has 2 aromatic rings. The van der Waals surface area contributed by atoms with Crippen molar-refractivity contribution in [2.75, 3.05) is 5.73 Å². The molecular weight excluding hydrogens is 254 g/mol. The smallest absolute Gasteiger partial charge is 0.339 e. The van der Waals surface area contributed by atoms with Crippen LogP contribution in [0.5, 0.6) is 5.75 Å². The number of carbonyl (C=O) groups is 1. The predicted octanol–water partition coefficient (Wildman–Crippen LogP) is 3.03. The zero-order chi connectivity index (χ0) is 14.1. The molecule has 0 amide bonds. The molecule has 1 aliphatic carbocycles. The van der Waals surface area contributed by atoms with Crippen LogP contribution in [-0.2, 0) is 6.42 Å². The quantitative estimate of drug-likeness (QED) is 0.840. The van der Waals surface area contributed by atoms with Gasteiger partial charge in [0, 0.05) is 0 Å². The van der Waals surface area contributed by atoms with Crippen molar-refractivity contribution in [3.63, 3.8) is 0 Å². The van der Waals surface area contributed by atoms with Crippen LogP contribution in [0.25, 0.3) is 0 Å². The monoisotopic (exact) mass is 269 g/mol. The van der Waals surface area contributed by atoms with E-state index < -0.39 is 5.97 Å². The summed E-state index contributed by atoms with van der Waals surface area (Å²) in [5, 5.41) is 9.22. The minimum Gasteiger partial charge on any atom is -0.483 e. The van der Waals surface area contributed by atoms with Crippen LogP contribution in [0.15, 0.2) is 42.5 Å². The number of fused-ring (bicyclic) bond motifs is 1. The predicted molar refractivity (Wildman–Crippen MR) is 75.9 cm³/mol. The molecule has 4 heteroatoms. The van der Waals surface area contributed by atoms with Gasteiger partial charge in [-0.05, 0) is 36.1 Å². The lowest BCUT2D eigenvalue weighted by atomic mass is 10.1. The van der Waals surface area contributed by atoms with Crippen LogP contribution >= 0.6 is 0 Å². The number of hydrogen-bond acceptors (Lipinski definition) is 3. The lowest BCUT2D eigenvalue weighted by molar-refractivity contribution is 0.0689. The Morgan fingerprint density at radius 3 is 2.80 bits per heavy atom. The summed E-state index contributed by atoms with van der Waals surface area (Å²) in [6.45, 7) is 0. The van der Waals surface area contributed by atoms with Crippen molar-refractivity contribution in [1.82, 2.24) is 0 Å². The van der Waals surface area contributed by atoms with E-state index in [4.69, 9.17) is 10.5 Å². The summed E-state index contributed by atoms with van der Waals surface area (Å²) in [6.07, 6.45) is 1.65. The van der Waals surface area contributed by atoms with Crippen LogP contribution in [-0.4, -0.2) is 11.1 Å². The molecule has 2 aromatic carbocycles. The Hall–Kier alpha value is -2.49. The summed E-state index contributed by atoms with van der Waals surface area (Å²) in [4.78, 5) is 11.3. The van der Waals surface area contributed by atoms with Crippen molar-refractivity contribution in [1.29, 1.82) is 0 Å².